The Bertz CT molecular complexity index is 2330. The molecule has 7 aromatic rings. The number of aromatic nitrogens is 3. The molecule has 2 aromatic heterocycles. The fraction of sp³-hybridized carbons (Fsp3) is 0.0513. The summed E-state index contributed by atoms with van der Waals surface area (Å²) in [5, 5.41) is 10.9. The summed E-state index contributed by atoms with van der Waals surface area (Å²) in [6, 6.07) is 41.7. The van der Waals surface area contributed by atoms with Gasteiger partial charge in [0.2, 0.25) is 9.84 Å². The largest absolute Gasteiger partial charge is 0.495 e. The van der Waals surface area contributed by atoms with Crippen LogP contribution >= 0.6 is 0 Å². The minimum Gasteiger partial charge on any atom is -0.495 e. The number of hydrogen-bond acceptors (Lipinski definition) is 6. The molecule has 50 heavy (non-hydrogen) atoms. The van der Waals surface area contributed by atoms with Crippen LogP contribution in [0.1, 0.15) is 16.7 Å². The molecular formula is C39H30FN5O4S. The van der Waals surface area contributed by atoms with E-state index in [-0.39, 0.29) is 26.6 Å². The lowest BCUT2D eigenvalue weighted by Gasteiger charge is -2.36. The van der Waals surface area contributed by atoms with Crippen molar-refractivity contribution in [1.29, 1.82) is 0 Å². The maximum Gasteiger partial charge on any atom is 0.325 e. The van der Waals surface area contributed by atoms with Crippen LogP contribution in [0.2, 0.25) is 0 Å². The fourth-order valence-corrected chi connectivity index (χ4v) is 7.40. The van der Waals surface area contributed by atoms with Crippen molar-refractivity contribution in [2.45, 2.75) is 15.3 Å². The second-order valence-corrected chi connectivity index (χ2v) is 13.3. The van der Waals surface area contributed by atoms with Gasteiger partial charge in [0.25, 0.3) is 0 Å². The van der Waals surface area contributed by atoms with Gasteiger partial charge in [0.1, 0.15) is 17.1 Å². The summed E-state index contributed by atoms with van der Waals surface area (Å²) in [4.78, 5) is 17.9. The number of carbonyl (C=O) groups excluding carboxylic acids is 1. The van der Waals surface area contributed by atoms with E-state index < -0.39 is 27.2 Å². The summed E-state index contributed by atoms with van der Waals surface area (Å²) in [5.41, 5.74) is 2.07. The number of ether oxygens (including phenoxy) is 1. The van der Waals surface area contributed by atoms with Gasteiger partial charge in [0, 0.05) is 6.20 Å². The normalized spacial score (nSPS) is 11.6. The summed E-state index contributed by atoms with van der Waals surface area (Å²) in [6.45, 7) is 0. The molecule has 11 heteroatoms. The molecule has 9 nitrogen and oxygen atoms in total. The Morgan fingerprint density at radius 1 is 0.720 bits per heavy atom. The number of pyridine rings is 1. The van der Waals surface area contributed by atoms with Crippen molar-refractivity contribution in [3.63, 3.8) is 0 Å². The van der Waals surface area contributed by atoms with E-state index >= 15 is 0 Å². The summed E-state index contributed by atoms with van der Waals surface area (Å²) >= 11 is 0. The van der Waals surface area contributed by atoms with Gasteiger partial charge in [-0.2, -0.15) is 5.10 Å². The number of methoxy groups -OCH3 is 1. The number of benzene rings is 5. The third-order valence-corrected chi connectivity index (χ3v) is 10.1. The molecule has 0 aliphatic rings. The first kappa shape index (κ1) is 32.2. The van der Waals surface area contributed by atoms with Gasteiger partial charge in [-0.05, 0) is 53.1 Å². The number of fused-ring (bicyclic) bond motifs is 1. The smallest absolute Gasteiger partial charge is 0.325 e. The number of anilines is 2. The topological polar surface area (TPSA) is 115 Å². The van der Waals surface area contributed by atoms with Crippen LogP contribution in [-0.4, -0.2) is 36.3 Å². The molecule has 2 amide bonds. The summed E-state index contributed by atoms with van der Waals surface area (Å²) < 4.78 is 48.9. The SMILES string of the molecule is COc1ccccc1NC(=O)Nc1nn(C(c2ccccc2)(c2ccccc2)c2ccccc2)c2ncc(S(=O)(=O)c3cccc(F)c3)cc12. The first-order valence-corrected chi connectivity index (χ1v) is 17.1. The van der Waals surface area contributed by atoms with E-state index in [1.165, 1.54) is 37.6 Å². The monoisotopic (exact) mass is 683 g/mol. The third-order valence-electron chi connectivity index (χ3n) is 8.39. The van der Waals surface area contributed by atoms with Gasteiger partial charge in [-0.15, -0.1) is 0 Å². The molecule has 0 unspecified atom stereocenters. The Morgan fingerprint density at radius 2 is 1.30 bits per heavy atom. The average molecular weight is 684 g/mol. The highest BCUT2D eigenvalue weighted by atomic mass is 32.2. The standard InChI is InChI=1S/C39H30FN5O4S/c1-49-35-23-12-11-22-34(35)42-38(46)43-36-33-25-32(50(47,48)31-21-13-20-30(40)24-31)26-41-37(33)45(44-36)39(27-14-5-2-6-15-27,28-16-7-3-8-17-28)29-18-9-4-10-19-29/h2-26H,1H3,(H2,42,43,44,46). The Hall–Kier alpha value is -6.33. The average Bonchev–Trinajstić information content (AvgIpc) is 3.50. The molecule has 0 spiro atoms. The molecule has 2 N–H and O–H groups in total. The van der Waals surface area contributed by atoms with Crippen molar-refractivity contribution < 1.29 is 22.3 Å². The predicted octanol–water partition coefficient (Wildman–Crippen LogP) is 7.90. The molecule has 248 valence electrons. The van der Waals surface area contributed by atoms with Crippen LogP contribution in [0.3, 0.4) is 0 Å². The highest BCUT2D eigenvalue weighted by molar-refractivity contribution is 7.91. The Morgan fingerprint density at radius 3 is 1.88 bits per heavy atom. The van der Waals surface area contributed by atoms with Crippen LogP contribution in [0.15, 0.2) is 162 Å². The molecule has 0 saturated heterocycles. The van der Waals surface area contributed by atoms with Gasteiger partial charge < -0.3 is 10.1 Å². The lowest BCUT2D eigenvalue weighted by Crippen LogP contribution is -2.39. The van der Waals surface area contributed by atoms with E-state index in [1.807, 2.05) is 91.0 Å². The second-order valence-electron chi connectivity index (χ2n) is 11.4. The van der Waals surface area contributed by atoms with E-state index in [0.717, 1.165) is 22.8 Å². The van der Waals surface area contributed by atoms with Gasteiger partial charge in [0.05, 0.1) is 28.0 Å². The van der Waals surface area contributed by atoms with E-state index in [4.69, 9.17) is 14.8 Å². The van der Waals surface area contributed by atoms with Crippen LogP contribution in [-0.2, 0) is 15.4 Å². The molecule has 0 aliphatic carbocycles. The highest BCUT2D eigenvalue weighted by Gasteiger charge is 2.41. The van der Waals surface area contributed by atoms with Crippen molar-refractivity contribution in [2.75, 3.05) is 17.7 Å². The molecule has 0 bridgehead atoms. The first-order valence-electron chi connectivity index (χ1n) is 15.6. The van der Waals surface area contributed by atoms with E-state index in [9.17, 15) is 17.6 Å². The van der Waals surface area contributed by atoms with Gasteiger partial charge in [-0.1, -0.05) is 109 Å². The predicted molar refractivity (Wildman–Crippen MR) is 190 cm³/mol. The Kier molecular flexibility index (Phi) is 8.57. The highest BCUT2D eigenvalue weighted by Crippen LogP contribution is 2.43. The summed E-state index contributed by atoms with van der Waals surface area (Å²) in [7, 11) is -2.73. The quantitative estimate of drug-likeness (QED) is 0.150. The number of rotatable bonds is 9. The molecular weight excluding hydrogens is 654 g/mol. The lowest BCUT2D eigenvalue weighted by atomic mass is 9.77. The van der Waals surface area contributed by atoms with Gasteiger partial charge in [-0.25, -0.2) is 27.3 Å². The zero-order chi connectivity index (χ0) is 34.7. The van der Waals surface area contributed by atoms with E-state index in [1.54, 1.807) is 28.9 Å². The molecule has 0 atom stereocenters. The van der Waals surface area contributed by atoms with Crippen molar-refractivity contribution in [1.82, 2.24) is 14.8 Å². The van der Waals surface area contributed by atoms with Gasteiger partial charge in [0.15, 0.2) is 11.5 Å². The number of carbonyl (C=O) groups is 1. The first-order chi connectivity index (χ1) is 24.3. The molecule has 2 heterocycles. The number of sulfone groups is 1. The number of nitrogens with zero attached hydrogens (tertiary/aromatic N) is 3. The minimum atomic E-state index is -4.22. The zero-order valence-electron chi connectivity index (χ0n) is 26.7. The van der Waals surface area contributed by atoms with Crippen molar-refractivity contribution in [3.05, 3.63) is 174 Å². The molecule has 0 saturated carbocycles. The number of para-hydroxylation sites is 2. The maximum absolute atomic E-state index is 14.2. The molecule has 0 fully saturated rings. The van der Waals surface area contributed by atoms with Crippen LogP contribution in [0.25, 0.3) is 11.0 Å². The number of urea groups is 1. The van der Waals surface area contributed by atoms with Crippen LogP contribution in [0, 0.1) is 5.82 Å². The van der Waals surface area contributed by atoms with Crippen molar-refractivity contribution in [2.24, 2.45) is 0 Å². The molecule has 0 radical (unpaired) electrons. The molecule has 7 rings (SSSR count). The van der Waals surface area contributed by atoms with Gasteiger partial charge in [-0.3, -0.25) is 5.32 Å². The number of amides is 2. The Balaban J connectivity index is 1.50. The van der Waals surface area contributed by atoms with Crippen LogP contribution in [0.4, 0.5) is 20.7 Å². The van der Waals surface area contributed by atoms with Crippen molar-refractivity contribution in [3.8, 4) is 5.75 Å². The van der Waals surface area contributed by atoms with Gasteiger partial charge >= 0.3 is 6.03 Å². The number of hydrogen-bond donors (Lipinski definition) is 2. The maximum atomic E-state index is 14.2. The Labute approximate surface area is 287 Å². The molecule has 0 aliphatic heterocycles. The third kappa shape index (κ3) is 5.73. The minimum absolute atomic E-state index is 0.0448. The van der Waals surface area contributed by atoms with Crippen molar-refractivity contribution >= 4 is 38.4 Å². The lowest BCUT2D eigenvalue weighted by molar-refractivity contribution is 0.262. The summed E-state index contributed by atoms with van der Waals surface area (Å²) in [6.07, 6.45) is 1.23. The van der Waals surface area contributed by atoms with E-state index in [2.05, 4.69) is 10.6 Å². The second kappa shape index (κ2) is 13.3. The fourth-order valence-electron chi connectivity index (χ4n) is 6.14. The van der Waals surface area contributed by atoms with Crippen LogP contribution < -0.4 is 15.4 Å². The van der Waals surface area contributed by atoms with Crippen LogP contribution in [0.5, 0.6) is 5.75 Å². The number of nitrogens with one attached hydrogen (secondary N) is 2. The van der Waals surface area contributed by atoms with E-state index in [0.29, 0.717) is 11.4 Å². The molecule has 5 aromatic carbocycles. The summed E-state index contributed by atoms with van der Waals surface area (Å²) in [5.74, 6) is -0.204. The zero-order valence-corrected chi connectivity index (χ0v) is 27.5. The number of halogens is 1.